The number of amides is 1. The van der Waals surface area contributed by atoms with Crippen molar-refractivity contribution in [2.24, 2.45) is 0 Å². The summed E-state index contributed by atoms with van der Waals surface area (Å²) in [6.07, 6.45) is 0. The fourth-order valence-corrected chi connectivity index (χ4v) is 3.14. The van der Waals surface area contributed by atoms with Crippen LogP contribution in [0.15, 0.2) is 53.3 Å². The number of nitrogens with zero attached hydrogens (tertiary/aromatic N) is 2. The molecule has 0 saturated heterocycles. The highest BCUT2D eigenvalue weighted by Crippen LogP contribution is 2.35. The number of anilines is 1. The molecule has 9 heteroatoms. The third-order valence-corrected chi connectivity index (χ3v) is 5.17. The van der Waals surface area contributed by atoms with Gasteiger partial charge in [-0.25, -0.2) is 4.68 Å². The number of hydrogen-bond donors (Lipinski definition) is 1. The Morgan fingerprint density at radius 2 is 1.86 bits per heavy atom. The molecule has 1 aromatic heterocycles. The second kappa shape index (κ2) is 7.77. The van der Waals surface area contributed by atoms with E-state index in [1.807, 2.05) is 6.07 Å². The van der Waals surface area contributed by atoms with Crippen LogP contribution in [-0.4, -0.2) is 22.5 Å². The number of rotatable bonds is 4. The van der Waals surface area contributed by atoms with Crippen molar-refractivity contribution in [3.05, 3.63) is 68.9 Å². The number of nitrogens with one attached hydrogen (secondary N) is 1. The summed E-state index contributed by atoms with van der Waals surface area (Å²) in [6, 6.07) is 12.2. The molecule has 29 heavy (non-hydrogen) atoms. The fourth-order valence-electron chi connectivity index (χ4n) is 2.84. The summed E-state index contributed by atoms with van der Waals surface area (Å²) in [5.74, 6) is 0.838. The smallest absolute Gasteiger partial charge is 0.267 e. The van der Waals surface area contributed by atoms with Gasteiger partial charge in [-0.3, -0.25) is 9.59 Å². The maximum Gasteiger partial charge on any atom is 0.267 e. The molecule has 1 unspecified atom stereocenters. The Kier molecular flexibility index (Phi) is 5.17. The van der Waals surface area contributed by atoms with E-state index in [2.05, 4.69) is 10.4 Å². The van der Waals surface area contributed by atoms with E-state index < -0.39 is 17.5 Å². The quantitative estimate of drug-likeness (QED) is 0.670. The third kappa shape index (κ3) is 3.92. The average molecular weight is 432 g/mol. The minimum Gasteiger partial charge on any atom is -0.454 e. The molecule has 1 N–H and O–H groups in total. The predicted octanol–water partition coefficient (Wildman–Crippen LogP) is 4.15. The molecule has 0 aliphatic carbocycles. The van der Waals surface area contributed by atoms with Gasteiger partial charge in [0.2, 0.25) is 12.7 Å². The van der Waals surface area contributed by atoms with Gasteiger partial charge < -0.3 is 14.8 Å². The number of benzene rings is 2. The topological polar surface area (TPSA) is 82.5 Å². The molecular weight excluding hydrogens is 417 g/mol. The molecule has 0 saturated carbocycles. The van der Waals surface area contributed by atoms with Crippen LogP contribution in [0, 0.1) is 0 Å². The van der Waals surface area contributed by atoms with Gasteiger partial charge in [0, 0.05) is 17.3 Å². The Morgan fingerprint density at radius 1 is 1.07 bits per heavy atom. The van der Waals surface area contributed by atoms with E-state index in [0.717, 1.165) is 10.2 Å². The molecule has 0 radical (unpaired) electrons. The first kappa shape index (κ1) is 19.3. The first-order chi connectivity index (χ1) is 13.9. The third-order valence-electron chi connectivity index (χ3n) is 4.43. The zero-order valence-electron chi connectivity index (χ0n) is 15.2. The van der Waals surface area contributed by atoms with Gasteiger partial charge in [0.15, 0.2) is 11.5 Å². The molecule has 1 aliphatic rings. The van der Waals surface area contributed by atoms with Crippen LogP contribution in [0.1, 0.15) is 13.0 Å². The zero-order valence-corrected chi connectivity index (χ0v) is 16.7. The number of fused-ring (bicyclic) bond motifs is 1. The van der Waals surface area contributed by atoms with Crippen molar-refractivity contribution in [1.82, 2.24) is 9.78 Å². The maximum absolute atomic E-state index is 12.6. The van der Waals surface area contributed by atoms with Crippen molar-refractivity contribution in [1.29, 1.82) is 0 Å². The Labute approximate surface area is 175 Å². The minimum atomic E-state index is -0.856. The Balaban J connectivity index is 1.60. The Bertz CT molecular complexity index is 1160. The van der Waals surface area contributed by atoms with Crippen LogP contribution in [0.25, 0.3) is 11.3 Å². The van der Waals surface area contributed by atoms with Gasteiger partial charge in [0.05, 0.1) is 15.7 Å². The summed E-state index contributed by atoms with van der Waals surface area (Å²) >= 11 is 11.9. The van der Waals surface area contributed by atoms with Crippen LogP contribution in [0.3, 0.4) is 0 Å². The van der Waals surface area contributed by atoms with Crippen LogP contribution in [0.4, 0.5) is 5.69 Å². The van der Waals surface area contributed by atoms with E-state index in [9.17, 15) is 9.59 Å². The van der Waals surface area contributed by atoms with Gasteiger partial charge in [0.25, 0.3) is 5.56 Å². The summed E-state index contributed by atoms with van der Waals surface area (Å²) in [5, 5.41) is 7.77. The monoisotopic (exact) mass is 431 g/mol. The standard InChI is InChI=1S/C20H15Cl2N3O4/c1-11(20(27)23-13-3-4-14(21)15(22)9-13)25-19(26)7-5-16(24-25)12-2-6-17-18(8-12)29-10-28-17/h2-9,11H,10H2,1H3,(H,23,27). The van der Waals surface area contributed by atoms with E-state index in [-0.39, 0.29) is 6.79 Å². The van der Waals surface area contributed by atoms with Crippen molar-refractivity contribution in [3.8, 4) is 22.8 Å². The summed E-state index contributed by atoms with van der Waals surface area (Å²) in [5.41, 5.74) is 1.33. The van der Waals surface area contributed by atoms with E-state index in [1.165, 1.54) is 12.1 Å². The SMILES string of the molecule is CC(C(=O)Nc1ccc(Cl)c(Cl)c1)n1nc(-c2ccc3c(c2)OCO3)ccc1=O. The first-order valence-electron chi connectivity index (χ1n) is 8.68. The Morgan fingerprint density at radius 3 is 2.66 bits per heavy atom. The van der Waals surface area contributed by atoms with Gasteiger partial charge in [-0.15, -0.1) is 0 Å². The lowest BCUT2D eigenvalue weighted by Crippen LogP contribution is -2.33. The van der Waals surface area contributed by atoms with Crippen LogP contribution < -0.4 is 20.3 Å². The summed E-state index contributed by atoms with van der Waals surface area (Å²) in [6.45, 7) is 1.75. The highest BCUT2D eigenvalue weighted by Gasteiger charge is 2.20. The van der Waals surface area contributed by atoms with Gasteiger partial charge in [-0.1, -0.05) is 23.2 Å². The zero-order chi connectivity index (χ0) is 20.5. The summed E-state index contributed by atoms with van der Waals surface area (Å²) in [7, 11) is 0. The molecule has 148 valence electrons. The highest BCUT2D eigenvalue weighted by molar-refractivity contribution is 6.42. The van der Waals surface area contributed by atoms with Crippen molar-refractivity contribution in [3.63, 3.8) is 0 Å². The molecule has 1 atom stereocenters. The number of hydrogen-bond acceptors (Lipinski definition) is 5. The molecule has 0 bridgehead atoms. The molecule has 0 fully saturated rings. The predicted molar refractivity (Wildman–Crippen MR) is 110 cm³/mol. The minimum absolute atomic E-state index is 0.164. The normalized spacial score (nSPS) is 13.2. The fraction of sp³-hybridized carbons (Fsp3) is 0.150. The van der Waals surface area contributed by atoms with Crippen molar-refractivity contribution in [2.75, 3.05) is 12.1 Å². The van der Waals surface area contributed by atoms with E-state index in [0.29, 0.717) is 32.9 Å². The first-order valence-corrected chi connectivity index (χ1v) is 9.44. The van der Waals surface area contributed by atoms with Crippen LogP contribution in [-0.2, 0) is 4.79 Å². The molecule has 7 nitrogen and oxygen atoms in total. The number of carbonyl (C=O) groups excluding carboxylic acids is 1. The van der Waals surface area contributed by atoms with Crippen LogP contribution in [0.5, 0.6) is 11.5 Å². The van der Waals surface area contributed by atoms with E-state index in [4.69, 9.17) is 32.7 Å². The summed E-state index contributed by atoms with van der Waals surface area (Å²) in [4.78, 5) is 25.0. The molecule has 3 aromatic rings. The van der Waals surface area contributed by atoms with Gasteiger partial charge >= 0.3 is 0 Å². The molecule has 4 rings (SSSR count). The molecule has 1 aliphatic heterocycles. The second-order valence-electron chi connectivity index (χ2n) is 6.36. The molecular formula is C20H15Cl2N3O4. The van der Waals surface area contributed by atoms with Gasteiger partial charge in [-0.2, -0.15) is 5.10 Å². The molecule has 1 amide bonds. The highest BCUT2D eigenvalue weighted by atomic mass is 35.5. The maximum atomic E-state index is 12.6. The molecule has 2 heterocycles. The van der Waals surface area contributed by atoms with E-state index >= 15 is 0 Å². The second-order valence-corrected chi connectivity index (χ2v) is 7.18. The summed E-state index contributed by atoms with van der Waals surface area (Å²) < 4.78 is 11.8. The largest absolute Gasteiger partial charge is 0.454 e. The lowest BCUT2D eigenvalue weighted by atomic mass is 10.1. The average Bonchev–Trinajstić information content (AvgIpc) is 3.18. The lowest BCUT2D eigenvalue weighted by Gasteiger charge is -2.15. The Hall–Kier alpha value is -3.03. The number of carbonyl (C=O) groups is 1. The number of halogens is 2. The van der Waals surface area contributed by atoms with Gasteiger partial charge in [0.1, 0.15) is 6.04 Å². The van der Waals surface area contributed by atoms with Gasteiger partial charge in [-0.05, 0) is 49.4 Å². The van der Waals surface area contributed by atoms with Crippen molar-refractivity contribution in [2.45, 2.75) is 13.0 Å². The van der Waals surface area contributed by atoms with Crippen LogP contribution in [0.2, 0.25) is 10.0 Å². The van der Waals surface area contributed by atoms with Crippen molar-refractivity contribution < 1.29 is 14.3 Å². The molecule has 2 aromatic carbocycles. The number of aromatic nitrogens is 2. The van der Waals surface area contributed by atoms with Crippen molar-refractivity contribution >= 4 is 34.8 Å². The molecule has 0 spiro atoms. The van der Waals surface area contributed by atoms with E-state index in [1.54, 1.807) is 37.3 Å². The van der Waals surface area contributed by atoms with Crippen LogP contribution >= 0.6 is 23.2 Å². The number of ether oxygens (including phenoxy) is 2. The lowest BCUT2D eigenvalue weighted by molar-refractivity contribution is -0.119.